The summed E-state index contributed by atoms with van der Waals surface area (Å²) in [5, 5.41) is 0. The van der Waals surface area contributed by atoms with Gasteiger partial charge in [0, 0.05) is 5.56 Å². The minimum absolute atomic E-state index is 0.0167. The van der Waals surface area contributed by atoms with E-state index in [4.69, 9.17) is 4.74 Å². The topological polar surface area (TPSA) is 26.3 Å². The zero-order chi connectivity index (χ0) is 13.7. The second kappa shape index (κ2) is 3.84. The Bertz CT molecular complexity index is 487. The molecule has 2 heteroatoms. The van der Waals surface area contributed by atoms with Crippen LogP contribution >= 0.6 is 0 Å². The Morgan fingerprint density at radius 3 is 2.17 bits per heavy atom. The third-order valence-corrected chi connectivity index (χ3v) is 3.48. The summed E-state index contributed by atoms with van der Waals surface area (Å²) in [7, 11) is 0. The Morgan fingerprint density at radius 2 is 1.67 bits per heavy atom. The monoisotopic (exact) mass is 246 g/mol. The number of rotatable bonds is 0. The van der Waals surface area contributed by atoms with Crippen molar-refractivity contribution < 1.29 is 9.53 Å². The van der Waals surface area contributed by atoms with Gasteiger partial charge in [0.15, 0.2) is 0 Å². The predicted molar refractivity (Wildman–Crippen MR) is 73.0 cm³/mol. The largest absolute Gasteiger partial charge is 0.426 e. The van der Waals surface area contributed by atoms with Crippen molar-refractivity contribution >= 4 is 5.97 Å². The standard InChI is InChI=1S/C16H22O2/c1-15(2,3)10-8-7-9-11-12(10)13(14(17)18-11)16(4,5)6/h7-9,13H,1-6H3. The molecule has 1 heterocycles. The molecule has 1 aromatic carbocycles. The Hall–Kier alpha value is -1.31. The van der Waals surface area contributed by atoms with Crippen LogP contribution in [0.2, 0.25) is 0 Å². The van der Waals surface area contributed by atoms with E-state index < -0.39 is 0 Å². The number of benzene rings is 1. The van der Waals surface area contributed by atoms with Crippen LogP contribution in [0, 0.1) is 5.41 Å². The first kappa shape index (κ1) is 13.1. The molecule has 0 aromatic heterocycles. The molecule has 98 valence electrons. The molecule has 0 spiro atoms. The van der Waals surface area contributed by atoms with E-state index in [9.17, 15) is 4.79 Å². The molecule has 1 aliphatic heterocycles. The molecular formula is C16H22O2. The lowest BCUT2D eigenvalue weighted by molar-refractivity contribution is -0.136. The molecule has 0 radical (unpaired) electrons. The molecular weight excluding hydrogens is 224 g/mol. The Morgan fingerprint density at radius 1 is 1.06 bits per heavy atom. The highest BCUT2D eigenvalue weighted by Crippen LogP contribution is 2.48. The van der Waals surface area contributed by atoms with Crippen LogP contribution in [0.1, 0.15) is 58.6 Å². The van der Waals surface area contributed by atoms with Crippen LogP contribution < -0.4 is 4.74 Å². The molecule has 1 unspecified atom stereocenters. The minimum atomic E-state index is -0.164. The van der Waals surface area contributed by atoms with E-state index in [0.29, 0.717) is 0 Å². The lowest BCUT2D eigenvalue weighted by Crippen LogP contribution is -2.26. The van der Waals surface area contributed by atoms with Crippen molar-refractivity contribution in [2.75, 3.05) is 0 Å². The summed E-state index contributed by atoms with van der Waals surface area (Å²) in [6, 6.07) is 5.98. The van der Waals surface area contributed by atoms with E-state index in [1.807, 2.05) is 12.1 Å². The van der Waals surface area contributed by atoms with Crippen LogP contribution in [0.15, 0.2) is 18.2 Å². The molecule has 0 fully saturated rings. The molecule has 1 aromatic rings. The summed E-state index contributed by atoms with van der Waals surface area (Å²) >= 11 is 0. The van der Waals surface area contributed by atoms with Crippen LogP contribution in [0.3, 0.4) is 0 Å². The second-order valence-corrected chi connectivity index (χ2v) is 7.19. The van der Waals surface area contributed by atoms with Crippen LogP contribution in [0.4, 0.5) is 0 Å². The third-order valence-electron chi connectivity index (χ3n) is 3.48. The first-order valence-corrected chi connectivity index (χ1v) is 6.47. The number of fused-ring (bicyclic) bond motifs is 1. The minimum Gasteiger partial charge on any atom is -0.426 e. The van der Waals surface area contributed by atoms with E-state index in [1.165, 1.54) is 5.56 Å². The van der Waals surface area contributed by atoms with E-state index in [0.717, 1.165) is 11.3 Å². The van der Waals surface area contributed by atoms with E-state index >= 15 is 0 Å². The van der Waals surface area contributed by atoms with Crippen LogP contribution in [0.25, 0.3) is 0 Å². The normalized spacial score (nSPS) is 19.7. The maximum atomic E-state index is 12.1. The molecule has 0 aliphatic carbocycles. The fourth-order valence-corrected chi connectivity index (χ4v) is 2.66. The van der Waals surface area contributed by atoms with Gasteiger partial charge in [-0.1, -0.05) is 53.7 Å². The van der Waals surface area contributed by atoms with Gasteiger partial charge >= 0.3 is 5.97 Å². The fourth-order valence-electron chi connectivity index (χ4n) is 2.66. The molecule has 0 bridgehead atoms. The number of hydrogen-bond acceptors (Lipinski definition) is 2. The van der Waals surface area contributed by atoms with E-state index in [2.05, 4.69) is 47.6 Å². The smallest absolute Gasteiger partial charge is 0.319 e. The van der Waals surface area contributed by atoms with Gasteiger partial charge in [-0.2, -0.15) is 0 Å². The van der Waals surface area contributed by atoms with Crippen molar-refractivity contribution in [2.24, 2.45) is 5.41 Å². The lowest BCUT2D eigenvalue weighted by Gasteiger charge is -2.29. The van der Waals surface area contributed by atoms with Gasteiger partial charge in [0.1, 0.15) is 5.75 Å². The fraction of sp³-hybridized carbons (Fsp3) is 0.562. The Balaban J connectivity index is 2.66. The highest BCUT2D eigenvalue weighted by Gasteiger charge is 2.44. The quantitative estimate of drug-likeness (QED) is 0.510. The van der Waals surface area contributed by atoms with Gasteiger partial charge in [0.25, 0.3) is 0 Å². The number of esters is 1. The number of hydrogen-bond donors (Lipinski definition) is 0. The van der Waals surface area contributed by atoms with E-state index in [-0.39, 0.29) is 22.7 Å². The van der Waals surface area contributed by atoms with E-state index in [1.54, 1.807) is 0 Å². The van der Waals surface area contributed by atoms with Crippen molar-refractivity contribution in [1.29, 1.82) is 0 Å². The summed E-state index contributed by atoms with van der Waals surface area (Å²) in [6.45, 7) is 12.8. The summed E-state index contributed by atoms with van der Waals surface area (Å²) in [5.41, 5.74) is 2.19. The zero-order valence-electron chi connectivity index (χ0n) is 12.1. The summed E-state index contributed by atoms with van der Waals surface area (Å²) < 4.78 is 5.44. The maximum Gasteiger partial charge on any atom is 0.319 e. The highest BCUT2D eigenvalue weighted by molar-refractivity contribution is 5.87. The van der Waals surface area contributed by atoms with Gasteiger partial charge in [0.2, 0.25) is 0 Å². The SMILES string of the molecule is CC(C)(C)c1cccc2c1C(C(C)(C)C)C(=O)O2. The van der Waals surface area contributed by atoms with Crippen LogP contribution in [-0.2, 0) is 10.2 Å². The molecule has 0 saturated carbocycles. The Kier molecular flexibility index (Phi) is 2.80. The maximum absolute atomic E-state index is 12.1. The average Bonchev–Trinajstić information content (AvgIpc) is 2.50. The summed E-state index contributed by atoms with van der Waals surface area (Å²) in [4.78, 5) is 12.1. The van der Waals surface area contributed by atoms with Crippen molar-refractivity contribution in [3.8, 4) is 5.75 Å². The zero-order valence-corrected chi connectivity index (χ0v) is 12.1. The van der Waals surface area contributed by atoms with Gasteiger partial charge in [-0.3, -0.25) is 4.79 Å². The third kappa shape index (κ3) is 2.05. The van der Waals surface area contributed by atoms with Crippen molar-refractivity contribution in [2.45, 2.75) is 52.9 Å². The summed E-state index contributed by atoms with van der Waals surface area (Å²) in [6.07, 6.45) is 0. The molecule has 0 amide bonds. The van der Waals surface area contributed by atoms with Gasteiger partial charge in [-0.05, 0) is 22.5 Å². The first-order chi connectivity index (χ1) is 8.12. The number of ether oxygens (including phenoxy) is 1. The van der Waals surface area contributed by atoms with Crippen molar-refractivity contribution in [3.05, 3.63) is 29.3 Å². The summed E-state index contributed by atoms with van der Waals surface area (Å²) in [5.74, 6) is 0.462. The van der Waals surface area contributed by atoms with Gasteiger partial charge in [-0.15, -0.1) is 0 Å². The molecule has 0 N–H and O–H groups in total. The van der Waals surface area contributed by atoms with Crippen LogP contribution in [0.5, 0.6) is 5.75 Å². The lowest BCUT2D eigenvalue weighted by atomic mass is 9.72. The molecule has 1 aliphatic rings. The molecule has 2 nitrogen and oxygen atoms in total. The van der Waals surface area contributed by atoms with Crippen molar-refractivity contribution in [3.63, 3.8) is 0 Å². The van der Waals surface area contributed by atoms with Gasteiger partial charge in [0.05, 0.1) is 5.92 Å². The molecule has 2 rings (SSSR count). The van der Waals surface area contributed by atoms with Crippen molar-refractivity contribution in [1.82, 2.24) is 0 Å². The van der Waals surface area contributed by atoms with Crippen LogP contribution in [-0.4, -0.2) is 5.97 Å². The number of carbonyl (C=O) groups excluding carboxylic acids is 1. The molecule has 1 atom stereocenters. The first-order valence-electron chi connectivity index (χ1n) is 6.47. The molecule has 0 saturated heterocycles. The second-order valence-electron chi connectivity index (χ2n) is 7.19. The highest BCUT2D eigenvalue weighted by atomic mass is 16.5. The average molecular weight is 246 g/mol. The number of carbonyl (C=O) groups is 1. The van der Waals surface area contributed by atoms with Gasteiger partial charge < -0.3 is 4.74 Å². The Labute approximate surface area is 109 Å². The molecule has 18 heavy (non-hydrogen) atoms. The van der Waals surface area contributed by atoms with Gasteiger partial charge in [-0.25, -0.2) is 0 Å². The predicted octanol–water partition coefficient (Wildman–Crippen LogP) is 4.03.